The predicted molar refractivity (Wildman–Crippen MR) is 52.3 cm³/mol. The van der Waals surface area contributed by atoms with E-state index in [0.717, 1.165) is 19.3 Å². The van der Waals surface area contributed by atoms with E-state index in [4.69, 9.17) is 4.74 Å². The fraction of sp³-hybridized carbons (Fsp3) is 0.545. The van der Waals surface area contributed by atoms with Gasteiger partial charge in [-0.05, 0) is 19.3 Å². The molecule has 0 aromatic heterocycles. The Kier molecular flexibility index (Phi) is 4.30. The van der Waals surface area contributed by atoms with Crippen LogP contribution < -0.4 is 0 Å². The van der Waals surface area contributed by atoms with Crippen LogP contribution in [-0.4, -0.2) is 12.6 Å². The fourth-order valence-corrected chi connectivity index (χ4v) is 1.43. The SMILES string of the molecule is C=CCOC(=O)C1C=CCCCC1. The van der Waals surface area contributed by atoms with Crippen LogP contribution in [0, 0.1) is 5.92 Å². The van der Waals surface area contributed by atoms with Crippen LogP contribution in [0.4, 0.5) is 0 Å². The Morgan fingerprint density at radius 1 is 1.62 bits per heavy atom. The minimum atomic E-state index is -0.113. The van der Waals surface area contributed by atoms with E-state index in [0.29, 0.717) is 6.61 Å². The Morgan fingerprint density at radius 3 is 3.23 bits per heavy atom. The Morgan fingerprint density at radius 2 is 2.46 bits per heavy atom. The van der Waals surface area contributed by atoms with Gasteiger partial charge in [-0.1, -0.05) is 31.2 Å². The first-order chi connectivity index (χ1) is 6.34. The molecular weight excluding hydrogens is 164 g/mol. The molecule has 1 rings (SSSR count). The fourth-order valence-electron chi connectivity index (χ4n) is 1.43. The van der Waals surface area contributed by atoms with Crippen LogP contribution in [0.25, 0.3) is 0 Å². The topological polar surface area (TPSA) is 26.3 Å². The van der Waals surface area contributed by atoms with Crippen molar-refractivity contribution in [3.63, 3.8) is 0 Å². The molecule has 0 aromatic carbocycles. The number of esters is 1. The van der Waals surface area contributed by atoms with Crippen molar-refractivity contribution in [2.75, 3.05) is 6.61 Å². The molecule has 0 heterocycles. The molecule has 0 N–H and O–H groups in total. The maximum absolute atomic E-state index is 11.4. The third-order valence-electron chi connectivity index (χ3n) is 2.15. The minimum Gasteiger partial charge on any atom is -0.461 e. The number of carbonyl (C=O) groups is 1. The van der Waals surface area contributed by atoms with E-state index in [1.807, 2.05) is 6.08 Å². The zero-order valence-electron chi connectivity index (χ0n) is 7.87. The second-order valence-electron chi connectivity index (χ2n) is 3.24. The average molecular weight is 180 g/mol. The van der Waals surface area contributed by atoms with Gasteiger partial charge < -0.3 is 4.74 Å². The molecule has 1 aliphatic carbocycles. The number of hydrogen-bond acceptors (Lipinski definition) is 2. The van der Waals surface area contributed by atoms with E-state index < -0.39 is 0 Å². The van der Waals surface area contributed by atoms with Gasteiger partial charge in [0.15, 0.2) is 0 Å². The molecule has 0 saturated carbocycles. The van der Waals surface area contributed by atoms with Gasteiger partial charge in [0, 0.05) is 0 Å². The van der Waals surface area contributed by atoms with Gasteiger partial charge >= 0.3 is 5.97 Å². The molecule has 13 heavy (non-hydrogen) atoms. The molecule has 0 fully saturated rings. The molecule has 0 bridgehead atoms. The molecule has 0 amide bonds. The second kappa shape index (κ2) is 5.57. The van der Waals surface area contributed by atoms with Gasteiger partial charge in [-0.25, -0.2) is 0 Å². The lowest BCUT2D eigenvalue weighted by Crippen LogP contribution is -2.15. The Bertz CT molecular complexity index is 206. The molecule has 0 saturated heterocycles. The van der Waals surface area contributed by atoms with Crippen molar-refractivity contribution in [2.45, 2.75) is 25.7 Å². The van der Waals surface area contributed by atoms with E-state index in [1.165, 1.54) is 6.42 Å². The standard InChI is InChI=1S/C11H16O2/c1-2-9-13-11(12)10-7-5-3-4-6-8-10/h2,5,7,10H,1,3-4,6,8-9H2. The number of carbonyl (C=O) groups excluding carboxylic acids is 1. The van der Waals surface area contributed by atoms with Crippen LogP contribution in [0.2, 0.25) is 0 Å². The van der Waals surface area contributed by atoms with E-state index in [1.54, 1.807) is 6.08 Å². The average Bonchev–Trinajstić information content (AvgIpc) is 2.42. The predicted octanol–water partition coefficient (Wildman–Crippen LogP) is 2.46. The Hall–Kier alpha value is -1.05. The molecule has 0 aliphatic heterocycles. The highest BCUT2D eigenvalue weighted by molar-refractivity contribution is 5.74. The second-order valence-corrected chi connectivity index (χ2v) is 3.24. The van der Waals surface area contributed by atoms with Gasteiger partial charge in [-0.15, -0.1) is 0 Å². The summed E-state index contributed by atoms with van der Waals surface area (Å²) in [4.78, 5) is 11.4. The van der Waals surface area contributed by atoms with Crippen molar-refractivity contribution in [3.05, 3.63) is 24.8 Å². The summed E-state index contributed by atoms with van der Waals surface area (Å²) in [5, 5.41) is 0. The summed E-state index contributed by atoms with van der Waals surface area (Å²) in [6.45, 7) is 3.82. The molecule has 0 radical (unpaired) electrons. The quantitative estimate of drug-likeness (QED) is 0.492. The normalized spacial score (nSPS) is 22.0. The lowest BCUT2D eigenvalue weighted by atomic mass is 10.0. The van der Waals surface area contributed by atoms with Gasteiger partial charge in [-0.3, -0.25) is 4.79 Å². The Labute approximate surface area is 79.3 Å². The summed E-state index contributed by atoms with van der Waals surface area (Å²) >= 11 is 0. The van der Waals surface area contributed by atoms with Gasteiger partial charge in [-0.2, -0.15) is 0 Å². The molecular formula is C11H16O2. The maximum Gasteiger partial charge on any atom is 0.313 e. The van der Waals surface area contributed by atoms with Crippen molar-refractivity contribution in [1.29, 1.82) is 0 Å². The van der Waals surface area contributed by atoms with Gasteiger partial charge in [0.2, 0.25) is 0 Å². The van der Waals surface area contributed by atoms with Crippen molar-refractivity contribution in [1.82, 2.24) is 0 Å². The van der Waals surface area contributed by atoms with Crippen LogP contribution in [0.15, 0.2) is 24.8 Å². The van der Waals surface area contributed by atoms with Gasteiger partial charge in [0.05, 0.1) is 5.92 Å². The smallest absolute Gasteiger partial charge is 0.313 e. The molecule has 0 aromatic rings. The van der Waals surface area contributed by atoms with E-state index in [9.17, 15) is 4.79 Å². The molecule has 1 unspecified atom stereocenters. The van der Waals surface area contributed by atoms with E-state index >= 15 is 0 Å². The van der Waals surface area contributed by atoms with Crippen molar-refractivity contribution < 1.29 is 9.53 Å². The zero-order valence-corrected chi connectivity index (χ0v) is 7.87. The summed E-state index contributed by atoms with van der Waals surface area (Å²) < 4.78 is 4.98. The summed E-state index contributed by atoms with van der Waals surface area (Å²) in [5.41, 5.74) is 0. The first kappa shape index (κ1) is 10.0. The van der Waals surface area contributed by atoms with Crippen LogP contribution in [0.3, 0.4) is 0 Å². The number of rotatable bonds is 3. The molecule has 0 spiro atoms. The van der Waals surface area contributed by atoms with Crippen LogP contribution >= 0.6 is 0 Å². The lowest BCUT2D eigenvalue weighted by molar-refractivity contribution is -0.145. The maximum atomic E-state index is 11.4. The van der Waals surface area contributed by atoms with Crippen molar-refractivity contribution in [2.24, 2.45) is 5.92 Å². The first-order valence-electron chi connectivity index (χ1n) is 4.79. The number of allylic oxidation sites excluding steroid dienone is 1. The largest absolute Gasteiger partial charge is 0.461 e. The van der Waals surface area contributed by atoms with Gasteiger partial charge in [0.1, 0.15) is 6.61 Å². The highest BCUT2D eigenvalue weighted by atomic mass is 16.5. The van der Waals surface area contributed by atoms with Crippen LogP contribution in [-0.2, 0) is 9.53 Å². The Balaban J connectivity index is 2.39. The van der Waals surface area contributed by atoms with Crippen molar-refractivity contribution >= 4 is 5.97 Å². The highest BCUT2D eigenvalue weighted by Crippen LogP contribution is 2.17. The molecule has 2 heteroatoms. The molecule has 72 valence electrons. The first-order valence-corrected chi connectivity index (χ1v) is 4.79. The van der Waals surface area contributed by atoms with E-state index in [-0.39, 0.29) is 11.9 Å². The molecule has 1 aliphatic rings. The minimum absolute atomic E-state index is 0.0255. The third-order valence-corrected chi connectivity index (χ3v) is 2.15. The summed E-state index contributed by atoms with van der Waals surface area (Å²) in [7, 11) is 0. The zero-order chi connectivity index (χ0) is 9.52. The highest BCUT2D eigenvalue weighted by Gasteiger charge is 2.17. The van der Waals surface area contributed by atoms with Crippen molar-refractivity contribution in [3.8, 4) is 0 Å². The summed E-state index contributed by atoms with van der Waals surface area (Å²) in [6, 6.07) is 0. The summed E-state index contributed by atoms with van der Waals surface area (Å²) in [5.74, 6) is -0.138. The van der Waals surface area contributed by atoms with Crippen LogP contribution in [0.5, 0.6) is 0 Å². The van der Waals surface area contributed by atoms with Crippen LogP contribution in [0.1, 0.15) is 25.7 Å². The third kappa shape index (κ3) is 3.45. The monoisotopic (exact) mass is 180 g/mol. The van der Waals surface area contributed by atoms with Gasteiger partial charge in [0.25, 0.3) is 0 Å². The summed E-state index contributed by atoms with van der Waals surface area (Å²) in [6.07, 6.45) is 9.95. The molecule has 2 nitrogen and oxygen atoms in total. The molecule has 1 atom stereocenters. The van der Waals surface area contributed by atoms with E-state index in [2.05, 4.69) is 12.7 Å². The number of hydrogen-bond donors (Lipinski definition) is 0. The number of ether oxygens (including phenoxy) is 1. The lowest BCUT2D eigenvalue weighted by Gasteiger charge is -2.08.